The lowest BCUT2D eigenvalue weighted by Gasteiger charge is -2.15. The average molecular weight is 227 g/mol. The molecule has 0 radical (unpaired) electrons. The van der Waals surface area contributed by atoms with Gasteiger partial charge in [0, 0.05) is 19.3 Å². The van der Waals surface area contributed by atoms with Crippen LogP contribution < -0.4 is 10.0 Å². The van der Waals surface area contributed by atoms with Crippen molar-refractivity contribution in [3.63, 3.8) is 0 Å². The number of nitrogens with zero attached hydrogens (tertiary/aromatic N) is 2. The van der Waals surface area contributed by atoms with Gasteiger partial charge in [0.15, 0.2) is 0 Å². The molecule has 1 saturated heterocycles. The molecular formula is C9H13N3O2S. The highest BCUT2D eigenvalue weighted by molar-refractivity contribution is 7.93. The average Bonchev–Trinajstić information content (AvgIpc) is 2.58. The molecule has 0 bridgehead atoms. The maximum Gasteiger partial charge on any atom is 0.236 e. The van der Waals surface area contributed by atoms with E-state index >= 15 is 0 Å². The summed E-state index contributed by atoms with van der Waals surface area (Å²) >= 11 is 0. The van der Waals surface area contributed by atoms with Gasteiger partial charge in [-0.25, -0.2) is 13.4 Å². The van der Waals surface area contributed by atoms with Crippen molar-refractivity contribution in [3.8, 4) is 0 Å². The third kappa shape index (κ3) is 1.95. The molecule has 0 aliphatic carbocycles. The van der Waals surface area contributed by atoms with Gasteiger partial charge in [-0.2, -0.15) is 0 Å². The van der Waals surface area contributed by atoms with Crippen molar-refractivity contribution < 1.29 is 8.42 Å². The lowest BCUT2D eigenvalue weighted by atomic mass is 10.2. The largest absolute Gasteiger partial charge is 0.326 e. The Morgan fingerprint density at radius 2 is 2.33 bits per heavy atom. The number of hydrogen-bond donors (Lipinski definition) is 1. The molecule has 1 aromatic rings. The van der Waals surface area contributed by atoms with Crippen molar-refractivity contribution in [2.75, 3.05) is 16.6 Å². The van der Waals surface area contributed by atoms with Crippen molar-refractivity contribution in [1.82, 2.24) is 4.98 Å². The molecule has 0 spiro atoms. The third-order valence-corrected chi connectivity index (χ3v) is 4.25. The van der Waals surface area contributed by atoms with E-state index in [-0.39, 0.29) is 5.75 Å². The number of nitrogens with two attached hydrogens (primary N) is 1. The summed E-state index contributed by atoms with van der Waals surface area (Å²) in [5.74, 6) is 0.692. The van der Waals surface area contributed by atoms with E-state index in [4.69, 9.17) is 5.73 Å². The zero-order valence-electron chi connectivity index (χ0n) is 8.26. The van der Waals surface area contributed by atoms with Gasteiger partial charge in [0.1, 0.15) is 5.82 Å². The van der Waals surface area contributed by atoms with Gasteiger partial charge in [0.05, 0.1) is 5.75 Å². The molecule has 2 rings (SSSR count). The van der Waals surface area contributed by atoms with Gasteiger partial charge < -0.3 is 5.73 Å². The van der Waals surface area contributed by atoms with E-state index in [1.807, 2.05) is 0 Å². The molecule has 0 atom stereocenters. The normalized spacial score (nSPS) is 19.4. The Morgan fingerprint density at radius 3 is 2.93 bits per heavy atom. The highest BCUT2D eigenvalue weighted by atomic mass is 32.2. The first-order chi connectivity index (χ1) is 7.13. The third-order valence-electron chi connectivity index (χ3n) is 2.40. The molecule has 6 heteroatoms. The van der Waals surface area contributed by atoms with E-state index in [9.17, 15) is 8.42 Å². The number of hydrogen-bond acceptors (Lipinski definition) is 4. The second-order valence-electron chi connectivity index (χ2n) is 3.47. The van der Waals surface area contributed by atoms with Gasteiger partial charge in [-0.3, -0.25) is 4.31 Å². The quantitative estimate of drug-likeness (QED) is 0.776. The highest BCUT2D eigenvalue weighted by Crippen LogP contribution is 2.22. The molecule has 1 aromatic heterocycles. The van der Waals surface area contributed by atoms with Crippen LogP contribution in [0.1, 0.15) is 12.0 Å². The van der Waals surface area contributed by atoms with Gasteiger partial charge in [-0.05, 0) is 24.1 Å². The fraction of sp³-hybridized carbons (Fsp3) is 0.444. The predicted molar refractivity (Wildman–Crippen MR) is 57.9 cm³/mol. The second kappa shape index (κ2) is 3.79. The van der Waals surface area contributed by atoms with E-state index in [0.717, 1.165) is 5.56 Å². The summed E-state index contributed by atoms with van der Waals surface area (Å²) in [6.07, 6.45) is 2.25. The molecular weight excluding hydrogens is 214 g/mol. The second-order valence-corrected chi connectivity index (χ2v) is 5.48. The number of sulfonamides is 1. The van der Waals surface area contributed by atoms with E-state index in [2.05, 4.69) is 4.98 Å². The monoisotopic (exact) mass is 227 g/mol. The minimum atomic E-state index is -3.14. The highest BCUT2D eigenvalue weighted by Gasteiger charge is 2.29. The molecule has 5 nitrogen and oxygen atoms in total. The van der Waals surface area contributed by atoms with E-state index < -0.39 is 10.0 Å². The van der Waals surface area contributed by atoms with Gasteiger partial charge in [-0.1, -0.05) is 0 Å². The summed E-state index contributed by atoms with van der Waals surface area (Å²) in [6.45, 7) is 0.909. The number of rotatable bonds is 2. The van der Waals surface area contributed by atoms with Crippen LogP contribution in [-0.4, -0.2) is 25.7 Å². The molecule has 1 aliphatic rings. The smallest absolute Gasteiger partial charge is 0.236 e. The Morgan fingerprint density at radius 1 is 1.53 bits per heavy atom. The minimum Gasteiger partial charge on any atom is -0.326 e. The molecule has 1 fully saturated rings. The van der Waals surface area contributed by atoms with Crippen LogP contribution in [-0.2, 0) is 16.6 Å². The molecule has 1 aliphatic heterocycles. The van der Waals surface area contributed by atoms with Crippen LogP contribution in [0.4, 0.5) is 5.82 Å². The zero-order valence-corrected chi connectivity index (χ0v) is 9.07. The summed E-state index contributed by atoms with van der Waals surface area (Å²) in [7, 11) is -3.14. The molecule has 0 aromatic carbocycles. The topological polar surface area (TPSA) is 76.3 Å². The first-order valence-electron chi connectivity index (χ1n) is 4.79. The van der Waals surface area contributed by atoms with Gasteiger partial charge in [0.25, 0.3) is 0 Å². The number of anilines is 1. The van der Waals surface area contributed by atoms with E-state index in [1.54, 1.807) is 18.3 Å². The van der Waals surface area contributed by atoms with Crippen LogP contribution in [0.2, 0.25) is 0 Å². The van der Waals surface area contributed by atoms with Crippen molar-refractivity contribution in [2.45, 2.75) is 13.0 Å². The summed E-state index contributed by atoms with van der Waals surface area (Å²) in [5, 5.41) is 0. The molecule has 0 saturated carbocycles. The molecule has 15 heavy (non-hydrogen) atoms. The van der Waals surface area contributed by atoms with Crippen LogP contribution in [0.15, 0.2) is 18.3 Å². The minimum absolute atomic E-state index is 0.210. The van der Waals surface area contributed by atoms with Crippen LogP contribution in [0.25, 0.3) is 0 Å². The molecule has 0 amide bonds. The molecule has 82 valence electrons. The fourth-order valence-corrected chi connectivity index (χ4v) is 3.13. The Kier molecular flexibility index (Phi) is 2.62. The lowest BCUT2D eigenvalue weighted by molar-refractivity contribution is 0.599. The Bertz CT molecular complexity index is 458. The predicted octanol–water partition coefficient (Wildman–Crippen LogP) is 0.0802. The summed E-state index contributed by atoms with van der Waals surface area (Å²) in [6, 6.07) is 3.51. The van der Waals surface area contributed by atoms with Crippen LogP contribution in [0.3, 0.4) is 0 Å². The lowest BCUT2D eigenvalue weighted by Crippen LogP contribution is -2.26. The van der Waals surface area contributed by atoms with Crippen LogP contribution in [0, 0.1) is 0 Å². The van der Waals surface area contributed by atoms with Crippen LogP contribution >= 0.6 is 0 Å². The molecule has 0 unspecified atom stereocenters. The number of aromatic nitrogens is 1. The maximum atomic E-state index is 11.6. The van der Waals surface area contributed by atoms with Crippen molar-refractivity contribution in [2.24, 2.45) is 5.73 Å². The van der Waals surface area contributed by atoms with E-state index in [0.29, 0.717) is 25.3 Å². The molecule has 2 N–H and O–H groups in total. The Balaban J connectivity index is 2.37. The molecule has 2 heterocycles. The van der Waals surface area contributed by atoms with Crippen molar-refractivity contribution in [3.05, 3.63) is 23.9 Å². The first-order valence-corrected chi connectivity index (χ1v) is 6.40. The summed E-state index contributed by atoms with van der Waals surface area (Å²) in [5.41, 5.74) is 6.38. The SMILES string of the molecule is NCc1ccnc(N2CCCS2(=O)=O)c1. The van der Waals surface area contributed by atoms with Gasteiger partial charge >= 0.3 is 0 Å². The maximum absolute atomic E-state index is 11.6. The summed E-state index contributed by atoms with van der Waals surface area (Å²) < 4.78 is 24.6. The summed E-state index contributed by atoms with van der Waals surface area (Å²) in [4.78, 5) is 4.06. The van der Waals surface area contributed by atoms with Crippen LogP contribution in [0.5, 0.6) is 0 Å². The fourth-order valence-electron chi connectivity index (χ4n) is 1.62. The van der Waals surface area contributed by atoms with Crippen molar-refractivity contribution in [1.29, 1.82) is 0 Å². The van der Waals surface area contributed by atoms with Gasteiger partial charge in [0.2, 0.25) is 10.0 Å². The standard InChI is InChI=1S/C9H13N3O2S/c10-7-8-2-3-11-9(6-8)12-4-1-5-15(12,13)14/h2-3,6H,1,4-5,7,10H2. The van der Waals surface area contributed by atoms with E-state index in [1.165, 1.54) is 4.31 Å². The Labute approximate surface area is 89.0 Å². The Hall–Kier alpha value is -1.14. The number of pyridine rings is 1. The first kappa shape index (κ1) is 10.4. The zero-order chi connectivity index (χ0) is 10.9. The van der Waals surface area contributed by atoms with Gasteiger partial charge in [-0.15, -0.1) is 0 Å². The van der Waals surface area contributed by atoms with Crippen molar-refractivity contribution >= 4 is 15.8 Å².